The first kappa shape index (κ1) is 21.7. The number of benzene rings is 3. The summed E-state index contributed by atoms with van der Waals surface area (Å²) >= 11 is 0. The number of nitrogens with one attached hydrogen (secondary N) is 1. The molecule has 0 unspecified atom stereocenters. The molecule has 1 heterocycles. The van der Waals surface area contributed by atoms with Gasteiger partial charge in [-0.2, -0.15) is 0 Å². The average Bonchev–Trinajstić information content (AvgIpc) is 3.14. The third kappa shape index (κ3) is 5.04. The van der Waals surface area contributed by atoms with Crippen LogP contribution in [0.15, 0.2) is 72.8 Å². The Bertz CT molecular complexity index is 1200. The van der Waals surface area contributed by atoms with Crippen LogP contribution in [0, 0.1) is 6.92 Å². The fourth-order valence-corrected chi connectivity index (χ4v) is 3.64. The van der Waals surface area contributed by atoms with E-state index in [0.717, 1.165) is 33.8 Å². The van der Waals surface area contributed by atoms with Gasteiger partial charge in [-0.15, -0.1) is 0 Å². The van der Waals surface area contributed by atoms with E-state index in [9.17, 15) is 4.79 Å². The Kier molecular flexibility index (Phi) is 6.94. The van der Waals surface area contributed by atoms with Crippen molar-refractivity contribution in [1.29, 1.82) is 0 Å². The first-order valence-corrected chi connectivity index (χ1v) is 10.8. The minimum atomic E-state index is -0.173. The summed E-state index contributed by atoms with van der Waals surface area (Å²) in [5, 5.41) is 2.97. The smallest absolute Gasteiger partial charge is 0.255 e. The molecule has 32 heavy (non-hydrogen) atoms. The van der Waals surface area contributed by atoms with E-state index in [1.165, 1.54) is 0 Å². The molecule has 0 aliphatic rings. The second-order valence-electron chi connectivity index (χ2n) is 7.44. The summed E-state index contributed by atoms with van der Waals surface area (Å²) in [5.41, 5.74) is 5.09. The quantitative estimate of drug-likeness (QED) is 0.374. The SMILES string of the molecule is CCOCCOCc1cccc(NC(=O)c2ccc3c(c2)nc(C)n3-c2ccccc2)c1. The Morgan fingerprint density at radius 3 is 2.59 bits per heavy atom. The lowest BCUT2D eigenvalue weighted by molar-refractivity contribution is 0.0453. The maximum absolute atomic E-state index is 12.9. The van der Waals surface area contributed by atoms with Crippen LogP contribution in [0.25, 0.3) is 16.7 Å². The number of carbonyl (C=O) groups is 1. The number of ether oxygens (including phenoxy) is 2. The molecule has 1 amide bonds. The van der Waals surface area contributed by atoms with Crippen molar-refractivity contribution in [1.82, 2.24) is 9.55 Å². The number of hydrogen-bond donors (Lipinski definition) is 1. The van der Waals surface area contributed by atoms with E-state index in [0.29, 0.717) is 32.0 Å². The fraction of sp³-hybridized carbons (Fsp3) is 0.231. The topological polar surface area (TPSA) is 65.4 Å². The van der Waals surface area contributed by atoms with Gasteiger partial charge in [0.2, 0.25) is 0 Å². The number of aromatic nitrogens is 2. The normalized spacial score (nSPS) is 11.1. The number of imidazole rings is 1. The molecule has 4 rings (SSSR count). The van der Waals surface area contributed by atoms with E-state index in [1.807, 2.05) is 86.6 Å². The van der Waals surface area contributed by atoms with Crippen molar-refractivity contribution in [2.45, 2.75) is 20.5 Å². The zero-order chi connectivity index (χ0) is 22.3. The second-order valence-corrected chi connectivity index (χ2v) is 7.44. The van der Waals surface area contributed by atoms with Crippen LogP contribution in [0.3, 0.4) is 0 Å². The van der Waals surface area contributed by atoms with Crippen molar-refractivity contribution in [3.8, 4) is 5.69 Å². The Labute approximate surface area is 187 Å². The summed E-state index contributed by atoms with van der Waals surface area (Å²) in [7, 11) is 0. The van der Waals surface area contributed by atoms with Crippen molar-refractivity contribution in [3.05, 3.63) is 89.7 Å². The highest BCUT2D eigenvalue weighted by atomic mass is 16.5. The molecular weight excluding hydrogens is 402 g/mol. The molecule has 0 aliphatic carbocycles. The number of fused-ring (bicyclic) bond motifs is 1. The Balaban J connectivity index is 1.47. The van der Waals surface area contributed by atoms with Gasteiger partial charge < -0.3 is 14.8 Å². The maximum Gasteiger partial charge on any atom is 0.255 e. The lowest BCUT2D eigenvalue weighted by Gasteiger charge is -2.09. The van der Waals surface area contributed by atoms with Crippen LogP contribution in [0.2, 0.25) is 0 Å². The highest BCUT2D eigenvalue weighted by Gasteiger charge is 2.13. The molecule has 0 saturated carbocycles. The van der Waals surface area contributed by atoms with Crippen molar-refractivity contribution in [3.63, 3.8) is 0 Å². The number of carbonyl (C=O) groups excluding carboxylic acids is 1. The standard InChI is InChI=1S/C26H27N3O3/c1-3-31-14-15-32-18-20-8-7-9-22(16-20)28-26(30)21-12-13-25-24(17-21)27-19(2)29(25)23-10-5-4-6-11-23/h4-13,16-17H,3,14-15,18H2,1-2H3,(H,28,30). The molecule has 3 aromatic carbocycles. The first-order chi connectivity index (χ1) is 15.7. The zero-order valence-electron chi connectivity index (χ0n) is 18.4. The van der Waals surface area contributed by atoms with E-state index >= 15 is 0 Å². The first-order valence-electron chi connectivity index (χ1n) is 10.8. The Morgan fingerprint density at radius 2 is 1.78 bits per heavy atom. The van der Waals surface area contributed by atoms with Crippen molar-refractivity contribution in [2.75, 3.05) is 25.1 Å². The monoisotopic (exact) mass is 429 g/mol. The van der Waals surface area contributed by atoms with Crippen molar-refractivity contribution >= 4 is 22.6 Å². The van der Waals surface area contributed by atoms with Crippen molar-refractivity contribution in [2.24, 2.45) is 0 Å². The van der Waals surface area contributed by atoms with Gasteiger partial charge in [0.25, 0.3) is 5.91 Å². The van der Waals surface area contributed by atoms with Crippen LogP contribution in [0.1, 0.15) is 28.7 Å². The van der Waals surface area contributed by atoms with E-state index in [2.05, 4.69) is 14.9 Å². The largest absolute Gasteiger partial charge is 0.379 e. The average molecular weight is 430 g/mol. The molecular formula is C26H27N3O3. The summed E-state index contributed by atoms with van der Waals surface area (Å²) in [6, 6.07) is 23.4. The minimum absolute atomic E-state index is 0.173. The number of nitrogens with zero attached hydrogens (tertiary/aromatic N) is 2. The molecule has 0 aliphatic heterocycles. The van der Waals surface area contributed by atoms with Crippen LogP contribution in [-0.4, -0.2) is 35.3 Å². The van der Waals surface area contributed by atoms with Crippen LogP contribution in [0.5, 0.6) is 0 Å². The molecule has 4 aromatic rings. The highest BCUT2D eigenvalue weighted by Crippen LogP contribution is 2.23. The molecule has 6 nitrogen and oxygen atoms in total. The molecule has 1 aromatic heterocycles. The zero-order valence-corrected chi connectivity index (χ0v) is 18.4. The summed E-state index contributed by atoms with van der Waals surface area (Å²) in [5.74, 6) is 0.703. The van der Waals surface area contributed by atoms with Gasteiger partial charge in [-0.25, -0.2) is 4.98 Å². The van der Waals surface area contributed by atoms with Crippen LogP contribution in [0.4, 0.5) is 5.69 Å². The number of para-hydroxylation sites is 1. The fourth-order valence-electron chi connectivity index (χ4n) is 3.64. The van der Waals surface area contributed by atoms with Gasteiger partial charge in [0, 0.05) is 23.5 Å². The highest BCUT2D eigenvalue weighted by molar-refractivity contribution is 6.06. The molecule has 0 atom stereocenters. The van der Waals surface area contributed by atoms with Crippen molar-refractivity contribution < 1.29 is 14.3 Å². The molecule has 6 heteroatoms. The van der Waals surface area contributed by atoms with Crippen LogP contribution in [-0.2, 0) is 16.1 Å². The Hall–Kier alpha value is -3.48. The molecule has 1 N–H and O–H groups in total. The Morgan fingerprint density at radius 1 is 0.969 bits per heavy atom. The molecule has 0 saturated heterocycles. The maximum atomic E-state index is 12.9. The summed E-state index contributed by atoms with van der Waals surface area (Å²) in [6.45, 7) is 6.20. The van der Waals surface area contributed by atoms with E-state index in [-0.39, 0.29) is 5.91 Å². The molecule has 164 valence electrons. The van der Waals surface area contributed by atoms with Gasteiger partial charge in [-0.3, -0.25) is 9.36 Å². The molecule has 0 fully saturated rings. The van der Waals surface area contributed by atoms with Gasteiger partial charge in [0.15, 0.2) is 0 Å². The number of aryl methyl sites for hydroxylation is 1. The summed E-state index contributed by atoms with van der Waals surface area (Å²) < 4.78 is 13.0. The third-order valence-electron chi connectivity index (χ3n) is 5.13. The predicted molar refractivity (Wildman–Crippen MR) is 126 cm³/mol. The number of anilines is 1. The van der Waals surface area contributed by atoms with E-state index in [1.54, 1.807) is 0 Å². The molecule has 0 bridgehead atoms. The predicted octanol–water partition coefficient (Wildman–Crippen LogP) is 5.14. The summed E-state index contributed by atoms with van der Waals surface area (Å²) in [4.78, 5) is 17.5. The molecule has 0 spiro atoms. The lowest BCUT2D eigenvalue weighted by atomic mass is 10.1. The van der Waals surface area contributed by atoms with Gasteiger partial charge in [-0.1, -0.05) is 30.3 Å². The molecule has 0 radical (unpaired) electrons. The number of hydrogen-bond acceptors (Lipinski definition) is 4. The second kappa shape index (κ2) is 10.2. The number of amides is 1. The summed E-state index contributed by atoms with van der Waals surface area (Å²) in [6.07, 6.45) is 0. The third-order valence-corrected chi connectivity index (χ3v) is 5.13. The van der Waals surface area contributed by atoms with E-state index < -0.39 is 0 Å². The van der Waals surface area contributed by atoms with Gasteiger partial charge >= 0.3 is 0 Å². The van der Waals surface area contributed by atoms with Crippen LogP contribution < -0.4 is 5.32 Å². The van der Waals surface area contributed by atoms with Crippen LogP contribution >= 0.6 is 0 Å². The van der Waals surface area contributed by atoms with Gasteiger partial charge in [0.05, 0.1) is 30.9 Å². The number of rotatable bonds is 9. The lowest BCUT2D eigenvalue weighted by Crippen LogP contribution is -2.12. The van der Waals surface area contributed by atoms with E-state index in [4.69, 9.17) is 9.47 Å². The van der Waals surface area contributed by atoms with Gasteiger partial charge in [-0.05, 0) is 61.9 Å². The van der Waals surface area contributed by atoms with Gasteiger partial charge in [0.1, 0.15) is 5.82 Å². The minimum Gasteiger partial charge on any atom is -0.379 e.